The Morgan fingerprint density at radius 1 is 1.38 bits per heavy atom. The first kappa shape index (κ1) is 15.5. The number of aliphatic hydroxyl groups is 1. The highest BCUT2D eigenvalue weighted by Crippen LogP contribution is 2.48. The van der Waals surface area contributed by atoms with Crippen LogP contribution in [0.4, 0.5) is 0 Å². The number of carbonyl (C=O) groups is 1. The van der Waals surface area contributed by atoms with Gasteiger partial charge in [-0.05, 0) is 48.3 Å². The summed E-state index contributed by atoms with van der Waals surface area (Å²) in [5.41, 5.74) is 0.284. The van der Waals surface area contributed by atoms with Crippen molar-refractivity contribution in [3.63, 3.8) is 0 Å². The summed E-state index contributed by atoms with van der Waals surface area (Å²) in [5.74, 6) is 1.83. The van der Waals surface area contributed by atoms with Gasteiger partial charge in [0.1, 0.15) is 0 Å². The molecule has 21 heavy (non-hydrogen) atoms. The van der Waals surface area contributed by atoms with Crippen molar-refractivity contribution < 1.29 is 9.90 Å². The number of benzene rings is 1. The number of carbonyl (C=O) groups excluding carboxylic acids is 1. The van der Waals surface area contributed by atoms with E-state index in [0.717, 1.165) is 24.2 Å². The first-order valence-corrected chi connectivity index (χ1v) is 8.92. The van der Waals surface area contributed by atoms with Gasteiger partial charge in [-0.1, -0.05) is 23.2 Å². The van der Waals surface area contributed by atoms with Gasteiger partial charge in [-0.3, -0.25) is 4.79 Å². The van der Waals surface area contributed by atoms with Crippen LogP contribution in [-0.4, -0.2) is 34.7 Å². The zero-order valence-corrected chi connectivity index (χ0v) is 13.8. The van der Waals surface area contributed by atoms with Crippen molar-refractivity contribution in [1.82, 2.24) is 5.32 Å². The molecule has 3 unspecified atom stereocenters. The minimum atomic E-state index is -0.732. The summed E-state index contributed by atoms with van der Waals surface area (Å²) in [6.45, 7) is 0.346. The Bertz CT molecular complexity index is 540. The summed E-state index contributed by atoms with van der Waals surface area (Å²) in [6.07, 6.45) is 1.56. The van der Waals surface area contributed by atoms with Crippen LogP contribution in [0.25, 0.3) is 0 Å². The van der Waals surface area contributed by atoms with E-state index < -0.39 is 5.60 Å². The summed E-state index contributed by atoms with van der Waals surface area (Å²) in [6, 6.07) is 5.43. The molecule has 0 radical (unpaired) electrons. The van der Waals surface area contributed by atoms with Crippen molar-refractivity contribution in [2.75, 3.05) is 18.1 Å². The van der Waals surface area contributed by atoms with Crippen LogP contribution in [0.15, 0.2) is 18.2 Å². The number of hydrogen-bond acceptors (Lipinski definition) is 3. The maximum absolute atomic E-state index is 12.2. The lowest BCUT2D eigenvalue weighted by molar-refractivity contribution is -0.123. The van der Waals surface area contributed by atoms with Gasteiger partial charge in [0.15, 0.2) is 0 Å². The lowest BCUT2D eigenvalue weighted by atomic mass is 10.0. The van der Waals surface area contributed by atoms with Crippen molar-refractivity contribution in [3.05, 3.63) is 33.8 Å². The third-order valence-electron chi connectivity index (χ3n) is 4.11. The van der Waals surface area contributed by atoms with E-state index >= 15 is 0 Å². The summed E-state index contributed by atoms with van der Waals surface area (Å²) >= 11 is 13.7. The Morgan fingerprint density at radius 3 is 2.71 bits per heavy atom. The molecule has 0 bridgehead atoms. The molecule has 1 aromatic rings. The second-order valence-corrected chi connectivity index (χ2v) is 7.87. The normalized spacial score (nSPS) is 31.2. The van der Waals surface area contributed by atoms with Crippen LogP contribution in [0.2, 0.25) is 10.0 Å². The highest BCUT2D eigenvalue weighted by molar-refractivity contribution is 7.99. The van der Waals surface area contributed by atoms with Gasteiger partial charge in [0, 0.05) is 28.3 Å². The molecule has 6 heteroatoms. The van der Waals surface area contributed by atoms with Crippen LogP contribution in [0.5, 0.6) is 0 Å². The number of hydrogen-bond donors (Lipinski definition) is 2. The zero-order valence-electron chi connectivity index (χ0n) is 11.4. The molecule has 1 aliphatic heterocycles. The van der Waals surface area contributed by atoms with Gasteiger partial charge in [-0.2, -0.15) is 11.8 Å². The molecule has 1 amide bonds. The largest absolute Gasteiger partial charge is 0.387 e. The third-order valence-corrected chi connectivity index (χ3v) is 5.79. The molecule has 2 aliphatic rings. The maximum Gasteiger partial charge on any atom is 0.223 e. The molecular weight excluding hydrogens is 329 g/mol. The predicted molar refractivity (Wildman–Crippen MR) is 87.2 cm³/mol. The summed E-state index contributed by atoms with van der Waals surface area (Å²) in [5, 5.41) is 14.3. The molecule has 1 aliphatic carbocycles. The van der Waals surface area contributed by atoms with E-state index in [2.05, 4.69) is 5.32 Å². The molecule has 1 heterocycles. The van der Waals surface area contributed by atoms with Gasteiger partial charge in [-0.15, -0.1) is 0 Å². The van der Waals surface area contributed by atoms with Crippen molar-refractivity contribution in [2.24, 2.45) is 5.92 Å². The average Bonchev–Trinajstić information content (AvgIpc) is 3.11. The lowest BCUT2D eigenvalue weighted by Gasteiger charge is -2.21. The van der Waals surface area contributed by atoms with Crippen molar-refractivity contribution in [1.29, 1.82) is 0 Å². The monoisotopic (exact) mass is 345 g/mol. The van der Waals surface area contributed by atoms with E-state index in [4.69, 9.17) is 23.2 Å². The number of thioether (sulfide) groups is 1. The standard InChI is InChI=1S/C15H17Cl2NO2S/c16-10-3-9(4-11(17)5-10)12-6-13(12)14(19)18-7-15(20)1-2-21-8-15/h3-5,12-13,20H,1-2,6-8H2,(H,18,19). The van der Waals surface area contributed by atoms with Crippen LogP contribution < -0.4 is 5.32 Å². The third kappa shape index (κ3) is 3.67. The fourth-order valence-electron chi connectivity index (χ4n) is 2.76. The van der Waals surface area contributed by atoms with Crippen molar-refractivity contribution in [2.45, 2.75) is 24.4 Å². The van der Waals surface area contributed by atoms with E-state index in [0.29, 0.717) is 22.3 Å². The SMILES string of the molecule is O=C(NCC1(O)CCSC1)C1CC1c1cc(Cl)cc(Cl)c1. The maximum atomic E-state index is 12.2. The van der Waals surface area contributed by atoms with Gasteiger partial charge in [0.05, 0.1) is 5.60 Å². The molecule has 2 N–H and O–H groups in total. The van der Waals surface area contributed by atoms with E-state index in [1.165, 1.54) is 0 Å². The van der Waals surface area contributed by atoms with Gasteiger partial charge < -0.3 is 10.4 Å². The molecule has 3 atom stereocenters. The Hall–Kier alpha value is -0.420. The van der Waals surface area contributed by atoms with Crippen molar-refractivity contribution in [3.8, 4) is 0 Å². The first-order valence-electron chi connectivity index (χ1n) is 7.01. The molecule has 3 rings (SSSR count). The van der Waals surface area contributed by atoms with Gasteiger partial charge in [0.2, 0.25) is 5.91 Å². The first-order chi connectivity index (χ1) is 9.97. The second kappa shape index (κ2) is 5.99. The van der Waals surface area contributed by atoms with Gasteiger partial charge in [0.25, 0.3) is 0 Å². The molecule has 1 saturated heterocycles. The second-order valence-electron chi connectivity index (χ2n) is 5.90. The summed E-state index contributed by atoms with van der Waals surface area (Å²) in [7, 11) is 0. The Labute approximate surface area is 138 Å². The number of amides is 1. The smallest absolute Gasteiger partial charge is 0.223 e. The fraction of sp³-hybridized carbons (Fsp3) is 0.533. The molecule has 3 nitrogen and oxygen atoms in total. The van der Waals surface area contributed by atoms with Gasteiger partial charge in [-0.25, -0.2) is 0 Å². The molecular formula is C15H17Cl2NO2S. The van der Waals surface area contributed by atoms with E-state index in [1.807, 2.05) is 12.1 Å². The number of rotatable bonds is 4. The molecule has 2 fully saturated rings. The van der Waals surface area contributed by atoms with Crippen LogP contribution in [0.3, 0.4) is 0 Å². The molecule has 114 valence electrons. The van der Waals surface area contributed by atoms with Crippen LogP contribution in [0, 0.1) is 5.92 Å². The van der Waals surface area contributed by atoms with Gasteiger partial charge >= 0.3 is 0 Å². The summed E-state index contributed by atoms with van der Waals surface area (Å²) < 4.78 is 0. The highest BCUT2D eigenvalue weighted by atomic mass is 35.5. The fourth-order valence-corrected chi connectivity index (χ4v) is 4.60. The van der Waals surface area contributed by atoms with E-state index in [9.17, 15) is 9.90 Å². The molecule has 0 aromatic heterocycles. The molecule has 1 saturated carbocycles. The minimum Gasteiger partial charge on any atom is -0.387 e. The quantitative estimate of drug-likeness (QED) is 0.881. The topological polar surface area (TPSA) is 49.3 Å². The van der Waals surface area contributed by atoms with E-state index in [-0.39, 0.29) is 17.7 Å². The summed E-state index contributed by atoms with van der Waals surface area (Å²) in [4.78, 5) is 12.2. The average molecular weight is 346 g/mol. The Balaban J connectivity index is 1.56. The molecule has 0 spiro atoms. The predicted octanol–water partition coefficient (Wildman–Crippen LogP) is 3.08. The van der Waals surface area contributed by atoms with Crippen LogP contribution >= 0.6 is 35.0 Å². The minimum absolute atomic E-state index is 0.0152. The van der Waals surface area contributed by atoms with Crippen LogP contribution in [-0.2, 0) is 4.79 Å². The van der Waals surface area contributed by atoms with E-state index in [1.54, 1.807) is 17.8 Å². The number of nitrogens with one attached hydrogen (secondary N) is 1. The molecule has 1 aromatic carbocycles. The highest BCUT2D eigenvalue weighted by Gasteiger charge is 2.44. The number of halogens is 2. The van der Waals surface area contributed by atoms with Crippen molar-refractivity contribution >= 4 is 40.9 Å². The van der Waals surface area contributed by atoms with Crippen LogP contribution in [0.1, 0.15) is 24.3 Å². The Kier molecular flexibility index (Phi) is 4.42. The Morgan fingerprint density at radius 2 is 2.10 bits per heavy atom. The lowest BCUT2D eigenvalue weighted by Crippen LogP contribution is -2.43. The zero-order chi connectivity index (χ0) is 15.0.